The highest BCUT2D eigenvalue weighted by Crippen LogP contribution is 2.17. The lowest BCUT2D eigenvalue weighted by Gasteiger charge is -2.12. The molecule has 0 aliphatic heterocycles. The fourth-order valence-electron chi connectivity index (χ4n) is 2.27. The molecule has 2 rings (SSSR count). The van der Waals surface area contributed by atoms with E-state index >= 15 is 0 Å². The van der Waals surface area contributed by atoms with Gasteiger partial charge in [-0.2, -0.15) is 0 Å². The van der Waals surface area contributed by atoms with E-state index in [4.69, 9.17) is 0 Å². The first kappa shape index (κ1) is 13.0. The summed E-state index contributed by atoms with van der Waals surface area (Å²) in [5.41, 5.74) is 0. The van der Waals surface area contributed by atoms with Gasteiger partial charge in [0, 0.05) is 18.8 Å². The van der Waals surface area contributed by atoms with Gasteiger partial charge < -0.3 is 10.6 Å². The third-order valence-electron chi connectivity index (χ3n) is 3.22. The summed E-state index contributed by atoms with van der Waals surface area (Å²) in [4.78, 5) is 11.6. The van der Waals surface area contributed by atoms with Crippen LogP contribution in [0.5, 0.6) is 0 Å². The molecule has 1 amide bonds. The SMILES string of the molecule is O=C(CNCCCn1ccnn1)NC1CCCC1. The molecule has 0 saturated heterocycles. The van der Waals surface area contributed by atoms with Crippen LogP contribution in [0.25, 0.3) is 0 Å². The van der Waals surface area contributed by atoms with Gasteiger partial charge in [-0.05, 0) is 25.8 Å². The molecule has 1 aromatic heterocycles. The summed E-state index contributed by atoms with van der Waals surface area (Å²) < 4.78 is 1.79. The smallest absolute Gasteiger partial charge is 0.234 e. The van der Waals surface area contributed by atoms with E-state index in [0.29, 0.717) is 12.6 Å². The standard InChI is InChI=1S/C12H21N5O/c18-12(15-11-4-1-2-5-11)10-13-6-3-8-17-9-7-14-16-17/h7,9,11,13H,1-6,8,10H2,(H,15,18). The van der Waals surface area contributed by atoms with Crippen LogP contribution in [-0.2, 0) is 11.3 Å². The summed E-state index contributed by atoms with van der Waals surface area (Å²) >= 11 is 0. The number of aryl methyl sites for hydroxylation is 1. The molecule has 6 heteroatoms. The van der Waals surface area contributed by atoms with Crippen LogP contribution in [0.1, 0.15) is 32.1 Å². The molecular weight excluding hydrogens is 230 g/mol. The number of rotatable bonds is 7. The largest absolute Gasteiger partial charge is 0.352 e. The van der Waals surface area contributed by atoms with Crippen molar-refractivity contribution in [2.24, 2.45) is 0 Å². The minimum atomic E-state index is 0.114. The minimum Gasteiger partial charge on any atom is -0.352 e. The van der Waals surface area contributed by atoms with Crippen LogP contribution in [0.3, 0.4) is 0 Å². The molecule has 0 atom stereocenters. The summed E-state index contributed by atoms with van der Waals surface area (Å²) in [5, 5.41) is 13.8. The number of amides is 1. The first-order valence-corrected chi connectivity index (χ1v) is 6.69. The highest BCUT2D eigenvalue weighted by Gasteiger charge is 2.16. The molecule has 18 heavy (non-hydrogen) atoms. The Morgan fingerprint density at radius 2 is 2.22 bits per heavy atom. The number of nitrogens with one attached hydrogen (secondary N) is 2. The number of hydrogen-bond donors (Lipinski definition) is 2. The molecule has 1 aliphatic rings. The Morgan fingerprint density at radius 1 is 1.39 bits per heavy atom. The third-order valence-corrected chi connectivity index (χ3v) is 3.22. The normalized spacial score (nSPS) is 16.0. The first-order chi connectivity index (χ1) is 8.84. The zero-order valence-corrected chi connectivity index (χ0v) is 10.6. The summed E-state index contributed by atoms with van der Waals surface area (Å²) in [6.07, 6.45) is 9.22. The quantitative estimate of drug-likeness (QED) is 0.684. The zero-order chi connectivity index (χ0) is 12.6. The van der Waals surface area contributed by atoms with Gasteiger partial charge in [0.15, 0.2) is 0 Å². The molecule has 100 valence electrons. The Morgan fingerprint density at radius 3 is 2.94 bits per heavy atom. The Hall–Kier alpha value is -1.43. The van der Waals surface area contributed by atoms with Gasteiger partial charge in [-0.1, -0.05) is 18.1 Å². The average molecular weight is 251 g/mol. The summed E-state index contributed by atoms with van der Waals surface area (Å²) in [7, 11) is 0. The molecule has 1 aromatic rings. The lowest BCUT2D eigenvalue weighted by molar-refractivity contribution is -0.120. The van der Waals surface area contributed by atoms with E-state index in [2.05, 4.69) is 20.9 Å². The van der Waals surface area contributed by atoms with E-state index < -0.39 is 0 Å². The van der Waals surface area contributed by atoms with E-state index in [0.717, 1.165) is 32.4 Å². The molecule has 1 fully saturated rings. The number of aromatic nitrogens is 3. The van der Waals surface area contributed by atoms with Crippen molar-refractivity contribution in [3.8, 4) is 0 Å². The topological polar surface area (TPSA) is 71.8 Å². The van der Waals surface area contributed by atoms with Crippen LogP contribution < -0.4 is 10.6 Å². The second-order valence-corrected chi connectivity index (χ2v) is 4.75. The van der Waals surface area contributed by atoms with Crippen LogP contribution in [0.4, 0.5) is 0 Å². The van der Waals surface area contributed by atoms with Crippen LogP contribution in [-0.4, -0.2) is 40.0 Å². The molecule has 0 aromatic carbocycles. The molecular formula is C12H21N5O. The van der Waals surface area contributed by atoms with Crippen LogP contribution in [0.2, 0.25) is 0 Å². The lowest BCUT2D eigenvalue weighted by Crippen LogP contribution is -2.39. The van der Waals surface area contributed by atoms with Crippen molar-refractivity contribution in [2.75, 3.05) is 13.1 Å². The van der Waals surface area contributed by atoms with Crippen LogP contribution >= 0.6 is 0 Å². The Labute approximate surface area is 107 Å². The Balaban J connectivity index is 1.48. The van der Waals surface area contributed by atoms with E-state index in [1.807, 2.05) is 6.20 Å². The molecule has 1 saturated carbocycles. The van der Waals surface area contributed by atoms with Gasteiger partial charge >= 0.3 is 0 Å². The van der Waals surface area contributed by atoms with Crippen molar-refractivity contribution >= 4 is 5.91 Å². The van der Waals surface area contributed by atoms with Crippen molar-refractivity contribution < 1.29 is 4.79 Å². The van der Waals surface area contributed by atoms with Crippen molar-refractivity contribution in [3.63, 3.8) is 0 Å². The maximum absolute atomic E-state index is 11.6. The highest BCUT2D eigenvalue weighted by atomic mass is 16.1. The van der Waals surface area contributed by atoms with Gasteiger partial charge in [0.1, 0.15) is 0 Å². The van der Waals surface area contributed by atoms with Crippen molar-refractivity contribution in [1.29, 1.82) is 0 Å². The van der Waals surface area contributed by atoms with E-state index in [1.165, 1.54) is 12.8 Å². The summed E-state index contributed by atoms with van der Waals surface area (Å²) in [5.74, 6) is 0.114. The molecule has 0 bridgehead atoms. The van der Waals surface area contributed by atoms with Gasteiger partial charge in [0.25, 0.3) is 0 Å². The zero-order valence-electron chi connectivity index (χ0n) is 10.6. The first-order valence-electron chi connectivity index (χ1n) is 6.69. The Bertz CT molecular complexity index is 345. The number of nitrogens with zero attached hydrogens (tertiary/aromatic N) is 3. The van der Waals surface area contributed by atoms with E-state index in [9.17, 15) is 4.79 Å². The molecule has 0 spiro atoms. The molecule has 1 aliphatic carbocycles. The highest BCUT2D eigenvalue weighted by molar-refractivity contribution is 5.78. The summed E-state index contributed by atoms with van der Waals surface area (Å²) in [6.45, 7) is 2.06. The van der Waals surface area contributed by atoms with Gasteiger partial charge in [0.2, 0.25) is 5.91 Å². The van der Waals surface area contributed by atoms with Crippen molar-refractivity contribution in [2.45, 2.75) is 44.7 Å². The van der Waals surface area contributed by atoms with Crippen molar-refractivity contribution in [1.82, 2.24) is 25.6 Å². The van der Waals surface area contributed by atoms with E-state index in [1.54, 1.807) is 10.9 Å². The van der Waals surface area contributed by atoms with Crippen LogP contribution in [0.15, 0.2) is 12.4 Å². The second kappa shape index (κ2) is 7.10. The second-order valence-electron chi connectivity index (χ2n) is 4.75. The summed E-state index contributed by atoms with van der Waals surface area (Å²) in [6, 6.07) is 0.412. The molecule has 0 radical (unpaired) electrons. The number of carbonyl (C=O) groups excluding carboxylic acids is 1. The average Bonchev–Trinajstić information content (AvgIpc) is 3.01. The van der Waals surface area contributed by atoms with Gasteiger partial charge in [0.05, 0.1) is 12.7 Å². The fraction of sp³-hybridized carbons (Fsp3) is 0.750. The minimum absolute atomic E-state index is 0.114. The van der Waals surface area contributed by atoms with Gasteiger partial charge in [-0.15, -0.1) is 5.10 Å². The van der Waals surface area contributed by atoms with Gasteiger partial charge in [-0.3, -0.25) is 9.48 Å². The maximum atomic E-state index is 11.6. The fourth-order valence-corrected chi connectivity index (χ4v) is 2.27. The van der Waals surface area contributed by atoms with Crippen molar-refractivity contribution in [3.05, 3.63) is 12.4 Å². The monoisotopic (exact) mass is 251 g/mol. The molecule has 2 N–H and O–H groups in total. The third kappa shape index (κ3) is 4.44. The molecule has 6 nitrogen and oxygen atoms in total. The maximum Gasteiger partial charge on any atom is 0.234 e. The number of hydrogen-bond acceptors (Lipinski definition) is 4. The molecule has 1 heterocycles. The van der Waals surface area contributed by atoms with E-state index in [-0.39, 0.29) is 5.91 Å². The molecule has 0 unspecified atom stereocenters. The predicted octanol–water partition coefficient (Wildman–Crippen LogP) is 0.317. The number of carbonyl (C=O) groups is 1. The predicted molar refractivity (Wildman–Crippen MR) is 67.9 cm³/mol. The Kier molecular flexibility index (Phi) is 5.14. The lowest BCUT2D eigenvalue weighted by atomic mass is 10.2. The van der Waals surface area contributed by atoms with Crippen LogP contribution in [0, 0.1) is 0 Å². The van der Waals surface area contributed by atoms with Gasteiger partial charge in [-0.25, -0.2) is 0 Å².